The number of carbonyl (C=O) groups excluding carboxylic acids is 1. The van der Waals surface area contributed by atoms with Crippen LogP contribution in [0.4, 0.5) is 0 Å². The molecule has 3 N–H and O–H groups in total. The van der Waals surface area contributed by atoms with Crippen molar-refractivity contribution in [1.29, 1.82) is 0 Å². The smallest absolute Gasteiger partial charge is 0.462 e. The molecule has 1 aromatic rings. The second kappa shape index (κ2) is 8.27. The monoisotopic (exact) mass is 461 g/mol. The number of nitrogens with two attached hydrogens (primary N) is 1. The van der Waals surface area contributed by atoms with Crippen molar-refractivity contribution >= 4 is 13.8 Å². The molecule has 0 radical (unpaired) electrons. The number of ether oxygens (including phenoxy) is 2. The molecule has 5 atom stereocenters. The highest BCUT2D eigenvalue weighted by molar-refractivity contribution is 7.48. The standard InChI is InChI=1S/C18H28N3O9P/c1-10(2)28-15(23)17(3,4)9-27-31(25)26-8-11-13(30-31)18(5,19)14(29-11)21-7-6-12(22)20-16(21)24/h6-7,10-11,13-14H,8-9,19H2,1-5H3,(H,20,22,24)/t11-,13-,14-,18-,31+/m1/s1. The normalized spacial score (nSPS) is 33.3. The Morgan fingerprint density at radius 3 is 2.74 bits per heavy atom. The van der Waals surface area contributed by atoms with Crippen LogP contribution in [0.3, 0.4) is 0 Å². The Morgan fingerprint density at radius 1 is 1.45 bits per heavy atom. The van der Waals surface area contributed by atoms with Crippen LogP contribution in [0.2, 0.25) is 0 Å². The lowest BCUT2D eigenvalue weighted by atomic mass is 9.93. The van der Waals surface area contributed by atoms with Gasteiger partial charge in [0.2, 0.25) is 0 Å². The maximum atomic E-state index is 13.1. The maximum absolute atomic E-state index is 13.1. The first-order valence-electron chi connectivity index (χ1n) is 9.79. The number of phosphoric ester groups is 1. The topological polar surface area (TPSA) is 161 Å². The molecule has 0 amide bonds. The van der Waals surface area contributed by atoms with E-state index < -0.39 is 54.4 Å². The van der Waals surface area contributed by atoms with Crippen molar-refractivity contribution in [3.63, 3.8) is 0 Å². The zero-order valence-corrected chi connectivity index (χ0v) is 18.9. The van der Waals surface area contributed by atoms with Gasteiger partial charge in [-0.15, -0.1) is 0 Å². The lowest BCUT2D eigenvalue weighted by molar-refractivity contribution is -0.160. The van der Waals surface area contributed by atoms with E-state index in [2.05, 4.69) is 4.98 Å². The molecular weight excluding hydrogens is 433 g/mol. The summed E-state index contributed by atoms with van der Waals surface area (Å²) in [6.45, 7) is 7.73. The van der Waals surface area contributed by atoms with Crippen molar-refractivity contribution in [2.75, 3.05) is 13.2 Å². The highest BCUT2D eigenvalue weighted by Gasteiger charge is 2.59. The van der Waals surface area contributed by atoms with Gasteiger partial charge in [0.05, 0.1) is 30.3 Å². The van der Waals surface area contributed by atoms with Crippen molar-refractivity contribution < 1.29 is 32.4 Å². The van der Waals surface area contributed by atoms with Gasteiger partial charge in [0.1, 0.15) is 12.2 Å². The van der Waals surface area contributed by atoms with Crippen LogP contribution in [0.15, 0.2) is 21.9 Å². The predicted molar refractivity (Wildman–Crippen MR) is 107 cm³/mol. The van der Waals surface area contributed by atoms with E-state index in [1.807, 2.05) is 0 Å². The molecule has 0 saturated carbocycles. The zero-order valence-electron chi connectivity index (χ0n) is 18.0. The Hall–Kier alpha value is -1.82. The number of aromatic amines is 1. The van der Waals surface area contributed by atoms with Crippen LogP contribution >= 0.6 is 7.82 Å². The minimum atomic E-state index is -4.08. The predicted octanol–water partition coefficient (Wildman–Crippen LogP) is 0.669. The SMILES string of the molecule is CC(C)OC(=O)C(C)(C)CO[P@]1(=O)OC[C@H]2O[C@@H](n3ccc(=O)[nH]c3=O)[C@](C)(N)[C@@H]2O1. The summed E-state index contributed by atoms with van der Waals surface area (Å²) in [5.41, 5.74) is 2.72. The number of nitrogens with zero attached hydrogens (tertiary/aromatic N) is 1. The first-order valence-corrected chi connectivity index (χ1v) is 11.3. The average molecular weight is 461 g/mol. The van der Waals surface area contributed by atoms with Gasteiger partial charge < -0.3 is 15.2 Å². The van der Waals surface area contributed by atoms with E-state index in [1.165, 1.54) is 6.20 Å². The Bertz CT molecular complexity index is 999. The number of nitrogens with one attached hydrogen (secondary N) is 1. The summed E-state index contributed by atoms with van der Waals surface area (Å²) in [4.78, 5) is 37.9. The number of H-pyrrole nitrogens is 1. The molecule has 12 nitrogen and oxygen atoms in total. The van der Waals surface area contributed by atoms with Crippen LogP contribution < -0.4 is 17.0 Å². The van der Waals surface area contributed by atoms with E-state index in [4.69, 9.17) is 28.8 Å². The number of fused-ring (bicyclic) bond motifs is 1. The largest absolute Gasteiger partial charge is 0.475 e. The van der Waals surface area contributed by atoms with Crippen LogP contribution in [0.5, 0.6) is 0 Å². The summed E-state index contributed by atoms with van der Waals surface area (Å²) in [5, 5.41) is 0. The van der Waals surface area contributed by atoms with E-state index in [0.29, 0.717) is 0 Å². The van der Waals surface area contributed by atoms with E-state index in [-0.39, 0.29) is 19.3 Å². The molecule has 174 valence electrons. The van der Waals surface area contributed by atoms with Crippen molar-refractivity contribution in [3.8, 4) is 0 Å². The van der Waals surface area contributed by atoms with E-state index in [1.54, 1.807) is 34.6 Å². The summed E-state index contributed by atoms with van der Waals surface area (Å²) in [7, 11) is -4.08. The number of rotatable bonds is 6. The Labute approximate surface area is 178 Å². The van der Waals surface area contributed by atoms with Crippen LogP contribution in [-0.2, 0) is 32.4 Å². The Balaban J connectivity index is 1.74. The quantitative estimate of drug-likeness (QED) is 0.455. The number of carbonyl (C=O) groups is 1. The molecule has 0 unspecified atom stereocenters. The molecule has 2 aliphatic heterocycles. The highest BCUT2D eigenvalue weighted by atomic mass is 31.2. The second-order valence-electron chi connectivity index (χ2n) is 8.79. The fourth-order valence-electron chi connectivity index (χ4n) is 3.28. The highest BCUT2D eigenvalue weighted by Crippen LogP contribution is 2.58. The third kappa shape index (κ3) is 4.84. The maximum Gasteiger partial charge on any atom is 0.475 e. The number of aromatic nitrogens is 2. The number of hydrogen-bond donors (Lipinski definition) is 2. The van der Waals surface area contributed by atoms with Crippen LogP contribution in [0.25, 0.3) is 0 Å². The molecule has 1 aromatic heterocycles. The Kier molecular flexibility index (Phi) is 6.36. The summed E-state index contributed by atoms with van der Waals surface area (Å²) in [5.74, 6) is -0.519. The molecule has 3 heterocycles. The lowest BCUT2D eigenvalue weighted by Gasteiger charge is -2.36. The van der Waals surface area contributed by atoms with Gasteiger partial charge >= 0.3 is 19.5 Å². The van der Waals surface area contributed by atoms with Gasteiger partial charge in [0, 0.05) is 12.3 Å². The molecule has 0 aromatic carbocycles. The van der Waals surface area contributed by atoms with Gasteiger partial charge in [0.15, 0.2) is 6.23 Å². The Morgan fingerprint density at radius 2 is 2.13 bits per heavy atom. The van der Waals surface area contributed by atoms with Gasteiger partial charge in [0.25, 0.3) is 5.56 Å². The molecule has 2 fully saturated rings. The lowest BCUT2D eigenvalue weighted by Crippen LogP contribution is -2.55. The molecule has 13 heteroatoms. The summed E-state index contributed by atoms with van der Waals surface area (Å²) in [6.07, 6.45) is -1.74. The summed E-state index contributed by atoms with van der Waals surface area (Å²) < 4.78 is 41.5. The van der Waals surface area contributed by atoms with E-state index >= 15 is 0 Å². The zero-order chi connectivity index (χ0) is 23.2. The molecule has 2 saturated heterocycles. The summed E-state index contributed by atoms with van der Waals surface area (Å²) >= 11 is 0. The van der Waals surface area contributed by atoms with Gasteiger partial charge in [-0.3, -0.25) is 32.7 Å². The van der Waals surface area contributed by atoms with Crippen LogP contribution in [-0.4, -0.2) is 52.6 Å². The average Bonchev–Trinajstić information content (AvgIpc) is 2.90. The third-order valence-electron chi connectivity index (χ3n) is 5.01. The minimum Gasteiger partial charge on any atom is -0.462 e. The van der Waals surface area contributed by atoms with Gasteiger partial charge in [-0.2, -0.15) is 0 Å². The first kappa shape index (κ1) is 23.8. The van der Waals surface area contributed by atoms with Crippen molar-refractivity contribution in [2.45, 2.75) is 64.7 Å². The number of esters is 1. The molecule has 2 aliphatic rings. The van der Waals surface area contributed by atoms with Gasteiger partial charge in [-0.25, -0.2) is 9.36 Å². The molecule has 31 heavy (non-hydrogen) atoms. The number of hydrogen-bond acceptors (Lipinski definition) is 10. The summed E-state index contributed by atoms with van der Waals surface area (Å²) in [6, 6.07) is 1.16. The van der Waals surface area contributed by atoms with Crippen LogP contribution in [0, 0.1) is 5.41 Å². The van der Waals surface area contributed by atoms with Crippen molar-refractivity contribution in [2.24, 2.45) is 11.1 Å². The minimum absolute atomic E-state index is 0.166. The van der Waals surface area contributed by atoms with E-state index in [9.17, 15) is 18.9 Å². The van der Waals surface area contributed by atoms with Crippen LogP contribution in [0.1, 0.15) is 40.8 Å². The number of phosphoric acid groups is 1. The molecular formula is C18H28N3O9P. The van der Waals surface area contributed by atoms with Gasteiger partial charge in [-0.1, -0.05) is 0 Å². The van der Waals surface area contributed by atoms with Crippen molar-refractivity contribution in [3.05, 3.63) is 33.1 Å². The fraction of sp³-hybridized carbons (Fsp3) is 0.722. The molecule has 0 aliphatic carbocycles. The van der Waals surface area contributed by atoms with Gasteiger partial charge in [-0.05, 0) is 34.6 Å². The van der Waals surface area contributed by atoms with E-state index in [0.717, 1.165) is 10.6 Å². The molecule has 3 rings (SSSR count). The third-order valence-corrected chi connectivity index (χ3v) is 6.40. The fourth-order valence-corrected chi connectivity index (χ4v) is 4.93. The second-order valence-corrected chi connectivity index (χ2v) is 10.4. The molecule has 0 bridgehead atoms. The molecule has 0 spiro atoms. The van der Waals surface area contributed by atoms with Crippen molar-refractivity contribution in [1.82, 2.24) is 9.55 Å². The first-order chi connectivity index (χ1) is 14.2.